The highest BCUT2D eigenvalue weighted by Gasteiger charge is 2.35. The van der Waals surface area contributed by atoms with Gasteiger partial charge in [0.05, 0.1) is 12.7 Å². The maximum atomic E-state index is 9.15. The molecule has 13 heavy (non-hydrogen) atoms. The summed E-state index contributed by atoms with van der Waals surface area (Å²) in [4.78, 5) is 0. The van der Waals surface area contributed by atoms with Gasteiger partial charge in [-0.2, -0.15) is 0 Å². The lowest BCUT2D eigenvalue weighted by Gasteiger charge is -2.29. The summed E-state index contributed by atoms with van der Waals surface area (Å²) in [7, 11) is 0. The third kappa shape index (κ3) is 2.03. The van der Waals surface area contributed by atoms with Crippen LogP contribution in [0.1, 0.15) is 19.3 Å². The van der Waals surface area contributed by atoms with E-state index in [-0.39, 0.29) is 12.7 Å². The Balaban J connectivity index is 1.90. The molecule has 2 fully saturated rings. The molecule has 2 aliphatic heterocycles. The maximum Gasteiger partial charge on any atom is 0.0676 e. The zero-order valence-electron chi connectivity index (χ0n) is 7.95. The van der Waals surface area contributed by atoms with Gasteiger partial charge in [0.2, 0.25) is 0 Å². The van der Waals surface area contributed by atoms with Gasteiger partial charge in [0.15, 0.2) is 0 Å². The average molecular weight is 186 g/mol. The molecule has 0 aliphatic carbocycles. The third-order valence-corrected chi connectivity index (χ3v) is 3.16. The van der Waals surface area contributed by atoms with E-state index in [0.29, 0.717) is 11.8 Å². The van der Waals surface area contributed by atoms with E-state index >= 15 is 0 Å². The predicted molar refractivity (Wildman–Crippen MR) is 48.5 cm³/mol. The molecule has 0 aromatic carbocycles. The normalized spacial score (nSPS) is 40.8. The highest BCUT2D eigenvalue weighted by molar-refractivity contribution is 4.83. The van der Waals surface area contributed by atoms with Gasteiger partial charge in [-0.25, -0.2) is 0 Å². The first kappa shape index (κ1) is 9.44. The molecule has 2 heterocycles. The highest BCUT2D eigenvalue weighted by atomic mass is 16.5. The molecule has 0 aromatic heterocycles. The molecule has 0 spiro atoms. The second-order valence-corrected chi connectivity index (χ2v) is 4.04. The molecule has 3 unspecified atom stereocenters. The Morgan fingerprint density at radius 3 is 2.85 bits per heavy atom. The van der Waals surface area contributed by atoms with Crippen LogP contribution in [0.5, 0.6) is 0 Å². The molecule has 0 aromatic rings. The largest absolute Gasteiger partial charge is 0.396 e. The SMILES string of the molecule is OCC1CCOC1C1CCCOC1. The molecule has 3 atom stereocenters. The van der Waals surface area contributed by atoms with Crippen LogP contribution >= 0.6 is 0 Å². The van der Waals surface area contributed by atoms with E-state index < -0.39 is 0 Å². The second kappa shape index (κ2) is 4.40. The Morgan fingerprint density at radius 2 is 2.15 bits per heavy atom. The van der Waals surface area contributed by atoms with E-state index in [1.807, 2.05) is 0 Å². The highest BCUT2D eigenvalue weighted by Crippen LogP contribution is 2.31. The molecular weight excluding hydrogens is 168 g/mol. The Labute approximate surface area is 79.0 Å². The van der Waals surface area contributed by atoms with Crippen LogP contribution in [-0.2, 0) is 9.47 Å². The summed E-state index contributed by atoms with van der Waals surface area (Å²) in [6.07, 6.45) is 3.60. The molecule has 76 valence electrons. The summed E-state index contributed by atoms with van der Waals surface area (Å²) in [5.41, 5.74) is 0. The van der Waals surface area contributed by atoms with Gasteiger partial charge in [0.25, 0.3) is 0 Å². The molecule has 0 bridgehead atoms. The van der Waals surface area contributed by atoms with E-state index in [2.05, 4.69) is 0 Å². The molecular formula is C10H18O3. The number of rotatable bonds is 2. The van der Waals surface area contributed by atoms with Crippen molar-refractivity contribution in [2.75, 3.05) is 26.4 Å². The average Bonchev–Trinajstić information content (AvgIpc) is 2.67. The summed E-state index contributed by atoms with van der Waals surface area (Å²) >= 11 is 0. The van der Waals surface area contributed by atoms with Crippen LogP contribution in [0.15, 0.2) is 0 Å². The van der Waals surface area contributed by atoms with E-state index in [1.165, 1.54) is 6.42 Å². The van der Waals surface area contributed by atoms with Crippen molar-refractivity contribution in [3.05, 3.63) is 0 Å². The number of hydrogen-bond donors (Lipinski definition) is 1. The van der Waals surface area contributed by atoms with Crippen molar-refractivity contribution in [2.45, 2.75) is 25.4 Å². The minimum Gasteiger partial charge on any atom is -0.396 e. The van der Waals surface area contributed by atoms with E-state index in [1.54, 1.807) is 0 Å². The minimum atomic E-state index is 0.255. The molecule has 2 saturated heterocycles. The fourth-order valence-electron chi connectivity index (χ4n) is 2.40. The second-order valence-electron chi connectivity index (χ2n) is 4.04. The molecule has 1 N–H and O–H groups in total. The van der Waals surface area contributed by atoms with Gasteiger partial charge >= 0.3 is 0 Å². The molecule has 2 aliphatic rings. The summed E-state index contributed by atoms with van der Waals surface area (Å²) in [6.45, 7) is 2.79. The fourth-order valence-corrected chi connectivity index (χ4v) is 2.40. The van der Waals surface area contributed by atoms with Crippen molar-refractivity contribution in [1.82, 2.24) is 0 Å². The van der Waals surface area contributed by atoms with Gasteiger partial charge < -0.3 is 14.6 Å². The zero-order valence-corrected chi connectivity index (χ0v) is 7.95. The van der Waals surface area contributed by atoms with Gasteiger partial charge in [0, 0.05) is 31.7 Å². The maximum absolute atomic E-state index is 9.15. The lowest BCUT2D eigenvalue weighted by Crippen LogP contribution is -2.34. The summed E-state index contributed by atoms with van der Waals surface area (Å²) in [5.74, 6) is 0.875. The minimum absolute atomic E-state index is 0.255. The van der Waals surface area contributed by atoms with Crippen LogP contribution in [0.25, 0.3) is 0 Å². The Hall–Kier alpha value is -0.120. The number of aliphatic hydroxyl groups is 1. The predicted octanol–water partition coefficient (Wildman–Crippen LogP) is 0.810. The van der Waals surface area contributed by atoms with Crippen molar-refractivity contribution >= 4 is 0 Å². The quantitative estimate of drug-likeness (QED) is 0.693. The fraction of sp³-hybridized carbons (Fsp3) is 1.00. The van der Waals surface area contributed by atoms with Crippen molar-refractivity contribution in [3.8, 4) is 0 Å². The lowest BCUT2D eigenvalue weighted by atomic mass is 9.88. The Morgan fingerprint density at radius 1 is 1.23 bits per heavy atom. The van der Waals surface area contributed by atoms with E-state index in [4.69, 9.17) is 14.6 Å². The van der Waals surface area contributed by atoms with Crippen LogP contribution in [-0.4, -0.2) is 37.6 Å². The molecule has 3 nitrogen and oxygen atoms in total. The number of aliphatic hydroxyl groups excluding tert-OH is 1. The van der Waals surface area contributed by atoms with Crippen LogP contribution in [0.4, 0.5) is 0 Å². The first-order valence-electron chi connectivity index (χ1n) is 5.22. The Bertz CT molecular complexity index is 154. The van der Waals surface area contributed by atoms with Crippen LogP contribution < -0.4 is 0 Å². The third-order valence-electron chi connectivity index (χ3n) is 3.16. The first-order chi connectivity index (χ1) is 6.42. The lowest BCUT2D eigenvalue weighted by molar-refractivity contribution is -0.0399. The first-order valence-corrected chi connectivity index (χ1v) is 5.22. The van der Waals surface area contributed by atoms with Crippen LogP contribution in [0, 0.1) is 11.8 Å². The molecule has 0 radical (unpaired) electrons. The van der Waals surface area contributed by atoms with Gasteiger partial charge in [-0.3, -0.25) is 0 Å². The standard InChI is InChI=1S/C10H18O3/c11-6-8-3-5-13-10(8)9-2-1-4-12-7-9/h8-11H,1-7H2. The van der Waals surface area contributed by atoms with Crippen molar-refractivity contribution < 1.29 is 14.6 Å². The zero-order chi connectivity index (χ0) is 9.10. The van der Waals surface area contributed by atoms with E-state index in [9.17, 15) is 0 Å². The topological polar surface area (TPSA) is 38.7 Å². The molecule has 0 saturated carbocycles. The van der Waals surface area contributed by atoms with Gasteiger partial charge in [0.1, 0.15) is 0 Å². The summed E-state index contributed by atoms with van der Waals surface area (Å²) in [6, 6.07) is 0. The molecule has 2 rings (SSSR count). The number of hydrogen-bond acceptors (Lipinski definition) is 3. The van der Waals surface area contributed by atoms with Crippen molar-refractivity contribution in [2.24, 2.45) is 11.8 Å². The summed E-state index contributed by atoms with van der Waals surface area (Å²) < 4.78 is 11.1. The Kier molecular flexibility index (Phi) is 3.19. The van der Waals surface area contributed by atoms with Gasteiger partial charge in [-0.05, 0) is 19.3 Å². The van der Waals surface area contributed by atoms with Gasteiger partial charge in [-0.15, -0.1) is 0 Å². The monoisotopic (exact) mass is 186 g/mol. The van der Waals surface area contributed by atoms with Crippen LogP contribution in [0.3, 0.4) is 0 Å². The van der Waals surface area contributed by atoms with Gasteiger partial charge in [-0.1, -0.05) is 0 Å². The summed E-state index contributed by atoms with van der Waals surface area (Å²) in [5, 5.41) is 9.15. The molecule has 3 heteroatoms. The molecule has 0 amide bonds. The van der Waals surface area contributed by atoms with Crippen LogP contribution in [0.2, 0.25) is 0 Å². The van der Waals surface area contributed by atoms with Crippen molar-refractivity contribution in [1.29, 1.82) is 0 Å². The van der Waals surface area contributed by atoms with E-state index in [0.717, 1.165) is 32.7 Å². The van der Waals surface area contributed by atoms with Crippen molar-refractivity contribution in [3.63, 3.8) is 0 Å². The number of ether oxygens (including phenoxy) is 2. The smallest absolute Gasteiger partial charge is 0.0676 e.